The number of thioether (sulfide) groups is 1. The van der Waals surface area contributed by atoms with Crippen molar-refractivity contribution in [3.05, 3.63) is 59.2 Å². The fraction of sp³-hybridized carbons (Fsp3) is 0.294. The molecule has 0 radical (unpaired) electrons. The zero-order chi connectivity index (χ0) is 13.8. The molecule has 19 heavy (non-hydrogen) atoms. The van der Waals surface area contributed by atoms with Crippen LogP contribution in [0.3, 0.4) is 0 Å². The maximum absolute atomic E-state index is 3.57. The lowest BCUT2D eigenvalue weighted by Crippen LogP contribution is -2.07. The van der Waals surface area contributed by atoms with E-state index in [-0.39, 0.29) is 0 Å². The topological polar surface area (TPSA) is 12.0 Å². The van der Waals surface area contributed by atoms with Crippen LogP contribution in [0.1, 0.15) is 29.7 Å². The Labute approximate surface area is 120 Å². The minimum atomic E-state index is 0.315. The lowest BCUT2D eigenvalue weighted by molar-refractivity contribution is 0.880. The number of anilines is 1. The number of aryl methyl sites for hydroxylation is 2. The average molecular weight is 271 g/mol. The molecule has 1 unspecified atom stereocenters. The molecule has 0 saturated carbocycles. The number of hydrogen-bond acceptors (Lipinski definition) is 2. The maximum Gasteiger partial charge on any atom is 0.0485 e. The standard InChI is InChI=1S/C17H21NS/c1-12-8-13(2)10-15(9-12)14(3)18-16-6-5-7-17(11-16)19-4/h5-11,14,18H,1-4H3. The molecule has 0 fully saturated rings. The van der Waals surface area contributed by atoms with Crippen molar-refractivity contribution in [3.63, 3.8) is 0 Å². The summed E-state index contributed by atoms with van der Waals surface area (Å²) in [7, 11) is 0. The third-order valence-corrected chi connectivity index (χ3v) is 3.92. The van der Waals surface area contributed by atoms with Gasteiger partial charge in [0, 0.05) is 16.6 Å². The molecule has 1 nitrogen and oxygen atoms in total. The fourth-order valence-corrected chi connectivity index (χ4v) is 2.77. The van der Waals surface area contributed by atoms with Gasteiger partial charge in [-0.25, -0.2) is 0 Å². The SMILES string of the molecule is CSc1cccc(NC(C)c2cc(C)cc(C)c2)c1. The van der Waals surface area contributed by atoms with Crippen LogP contribution in [-0.4, -0.2) is 6.26 Å². The van der Waals surface area contributed by atoms with Gasteiger partial charge in [-0.15, -0.1) is 11.8 Å². The van der Waals surface area contributed by atoms with E-state index >= 15 is 0 Å². The van der Waals surface area contributed by atoms with Crippen molar-refractivity contribution < 1.29 is 0 Å². The van der Waals surface area contributed by atoms with Gasteiger partial charge >= 0.3 is 0 Å². The molecule has 2 aromatic carbocycles. The van der Waals surface area contributed by atoms with Gasteiger partial charge in [0.2, 0.25) is 0 Å². The van der Waals surface area contributed by atoms with E-state index in [0.29, 0.717) is 6.04 Å². The molecule has 1 atom stereocenters. The van der Waals surface area contributed by atoms with Crippen LogP contribution in [0.2, 0.25) is 0 Å². The minimum Gasteiger partial charge on any atom is -0.378 e. The quantitative estimate of drug-likeness (QED) is 0.767. The summed E-state index contributed by atoms with van der Waals surface area (Å²) in [5.41, 5.74) is 5.16. The second-order valence-corrected chi connectivity index (χ2v) is 5.90. The van der Waals surface area contributed by atoms with E-state index in [1.165, 1.54) is 27.3 Å². The molecule has 2 rings (SSSR count). The summed E-state index contributed by atoms with van der Waals surface area (Å²) in [5.74, 6) is 0. The first-order valence-electron chi connectivity index (χ1n) is 6.57. The first-order chi connectivity index (χ1) is 9.08. The summed E-state index contributed by atoms with van der Waals surface area (Å²) < 4.78 is 0. The molecule has 0 amide bonds. The molecule has 0 heterocycles. The van der Waals surface area contributed by atoms with Crippen molar-refractivity contribution in [2.45, 2.75) is 31.7 Å². The molecular formula is C17H21NS. The summed E-state index contributed by atoms with van der Waals surface area (Å²) >= 11 is 1.77. The normalized spacial score (nSPS) is 12.2. The summed E-state index contributed by atoms with van der Waals surface area (Å²) in [6.45, 7) is 6.51. The van der Waals surface area contributed by atoms with Gasteiger partial charge in [0.15, 0.2) is 0 Å². The predicted octanol–water partition coefficient (Wildman–Crippen LogP) is 5.20. The van der Waals surface area contributed by atoms with E-state index in [0.717, 1.165) is 0 Å². The lowest BCUT2D eigenvalue weighted by Gasteiger charge is -2.17. The summed E-state index contributed by atoms with van der Waals surface area (Å²) in [4.78, 5) is 1.29. The monoisotopic (exact) mass is 271 g/mol. The third kappa shape index (κ3) is 3.77. The van der Waals surface area contributed by atoms with Gasteiger partial charge < -0.3 is 5.32 Å². The second-order valence-electron chi connectivity index (χ2n) is 5.02. The van der Waals surface area contributed by atoms with Crippen molar-refractivity contribution in [1.29, 1.82) is 0 Å². The zero-order valence-corrected chi connectivity index (χ0v) is 12.8. The number of rotatable bonds is 4. The molecule has 100 valence electrons. The van der Waals surface area contributed by atoms with E-state index < -0.39 is 0 Å². The van der Waals surface area contributed by atoms with Crippen molar-refractivity contribution in [2.24, 2.45) is 0 Å². The molecule has 0 aromatic heterocycles. The molecule has 0 aliphatic heterocycles. The van der Waals surface area contributed by atoms with E-state index in [9.17, 15) is 0 Å². The second kappa shape index (κ2) is 6.16. The Bertz CT molecular complexity index is 543. The first-order valence-corrected chi connectivity index (χ1v) is 7.80. The molecule has 0 aliphatic rings. The Morgan fingerprint density at radius 2 is 1.68 bits per heavy atom. The highest BCUT2D eigenvalue weighted by molar-refractivity contribution is 7.98. The van der Waals surface area contributed by atoms with E-state index in [4.69, 9.17) is 0 Å². The van der Waals surface area contributed by atoms with Gasteiger partial charge in [-0.1, -0.05) is 35.4 Å². The van der Waals surface area contributed by atoms with Crippen LogP contribution < -0.4 is 5.32 Å². The van der Waals surface area contributed by atoms with Crippen LogP contribution in [-0.2, 0) is 0 Å². The third-order valence-electron chi connectivity index (χ3n) is 3.20. The highest BCUT2D eigenvalue weighted by Gasteiger charge is 2.06. The molecule has 0 saturated heterocycles. The Balaban J connectivity index is 2.17. The Kier molecular flexibility index (Phi) is 4.54. The van der Waals surface area contributed by atoms with Crippen LogP contribution in [0.25, 0.3) is 0 Å². The highest BCUT2D eigenvalue weighted by atomic mass is 32.2. The van der Waals surface area contributed by atoms with E-state index in [1.807, 2.05) is 0 Å². The van der Waals surface area contributed by atoms with Gasteiger partial charge in [-0.3, -0.25) is 0 Å². The van der Waals surface area contributed by atoms with Crippen molar-refractivity contribution in [3.8, 4) is 0 Å². The van der Waals surface area contributed by atoms with Gasteiger partial charge in [-0.2, -0.15) is 0 Å². The summed E-state index contributed by atoms with van der Waals surface area (Å²) in [5, 5.41) is 3.57. The first kappa shape index (κ1) is 14.0. The van der Waals surface area contributed by atoms with Gasteiger partial charge in [-0.05, 0) is 50.8 Å². The summed E-state index contributed by atoms with van der Waals surface area (Å²) in [6.07, 6.45) is 2.10. The lowest BCUT2D eigenvalue weighted by atomic mass is 10.0. The molecular weight excluding hydrogens is 250 g/mol. The molecule has 0 bridgehead atoms. The van der Waals surface area contributed by atoms with Crippen LogP contribution >= 0.6 is 11.8 Å². The molecule has 0 aliphatic carbocycles. The van der Waals surface area contributed by atoms with Gasteiger partial charge in [0.25, 0.3) is 0 Å². The van der Waals surface area contributed by atoms with Gasteiger partial charge in [0.05, 0.1) is 0 Å². The maximum atomic E-state index is 3.57. The Morgan fingerprint density at radius 3 is 2.32 bits per heavy atom. The molecule has 0 spiro atoms. The minimum absolute atomic E-state index is 0.315. The van der Waals surface area contributed by atoms with E-state index in [1.54, 1.807) is 11.8 Å². The summed E-state index contributed by atoms with van der Waals surface area (Å²) in [6, 6.07) is 15.6. The van der Waals surface area contributed by atoms with Crippen molar-refractivity contribution in [2.75, 3.05) is 11.6 Å². The molecule has 1 N–H and O–H groups in total. The van der Waals surface area contributed by atoms with Crippen molar-refractivity contribution in [1.82, 2.24) is 0 Å². The average Bonchev–Trinajstić information content (AvgIpc) is 2.37. The smallest absolute Gasteiger partial charge is 0.0485 e. The molecule has 2 aromatic rings. The largest absolute Gasteiger partial charge is 0.378 e. The highest BCUT2D eigenvalue weighted by Crippen LogP contribution is 2.24. The zero-order valence-electron chi connectivity index (χ0n) is 12.0. The van der Waals surface area contributed by atoms with Crippen LogP contribution in [0.4, 0.5) is 5.69 Å². The van der Waals surface area contributed by atoms with Crippen molar-refractivity contribution >= 4 is 17.4 Å². The number of benzene rings is 2. The van der Waals surface area contributed by atoms with E-state index in [2.05, 4.69) is 74.8 Å². The number of hydrogen-bond donors (Lipinski definition) is 1. The van der Waals surface area contributed by atoms with Gasteiger partial charge in [0.1, 0.15) is 0 Å². The predicted molar refractivity (Wildman–Crippen MR) is 86.2 cm³/mol. The Morgan fingerprint density at radius 1 is 1.00 bits per heavy atom. The van der Waals surface area contributed by atoms with Crippen LogP contribution in [0.5, 0.6) is 0 Å². The Hall–Kier alpha value is -1.41. The molecule has 2 heteroatoms. The number of nitrogens with one attached hydrogen (secondary N) is 1. The fourth-order valence-electron chi connectivity index (χ4n) is 2.31. The van der Waals surface area contributed by atoms with Crippen LogP contribution in [0.15, 0.2) is 47.4 Å². The van der Waals surface area contributed by atoms with Crippen LogP contribution in [0, 0.1) is 13.8 Å².